The van der Waals surface area contributed by atoms with Gasteiger partial charge in [-0.25, -0.2) is 0 Å². The molecular formula is C19H19Cl2N3O3S. The monoisotopic (exact) mass is 439 g/mol. The van der Waals surface area contributed by atoms with Gasteiger partial charge in [0.1, 0.15) is 5.75 Å². The van der Waals surface area contributed by atoms with Gasteiger partial charge in [0.2, 0.25) is 0 Å². The molecule has 0 saturated carbocycles. The predicted molar refractivity (Wildman–Crippen MR) is 114 cm³/mol. The fraction of sp³-hybridized carbons (Fsp3) is 0.211. The van der Waals surface area contributed by atoms with Crippen molar-refractivity contribution < 1.29 is 14.3 Å². The molecule has 0 heterocycles. The summed E-state index contributed by atoms with van der Waals surface area (Å²) < 4.78 is 5.57. The summed E-state index contributed by atoms with van der Waals surface area (Å²) in [6.07, 6.45) is 0. The van der Waals surface area contributed by atoms with Crippen molar-refractivity contribution >= 4 is 52.3 Å². The number of carbonyl (C=O) groups excluding carboxylic acids is 2. The van der Waals surface area contributed by atoms with Gasteiger partial charge < -0.3 is 4.74 Å². The number of carbonyl (C=O) groups is 2. The molecule has 0 aromatic heterocycles. The number of halogens is 2. The number of hydrazine groups is 1. The summed E-state index contributed by atoms with van der Waals surface area (Å²) in [5.41, 5.74) is 5.52. The minimum absolute atomic E-state index is 0.0775. The number of hydrogen-bond donors (Lipinski definition) is 3. The summed E-state index contributed by atoms with van der Waals surface area (Å²) in [6.45, 7) is 4.70. The highest BCUT2D eigenvalue weighted by atomic mass is 35.5. The lowest BCUT2D eigenvalue weighted by Gasteiger charge is -2.12. The minimum atomic E-state index is -0.511. The van der Waals surface area contributed by atoms with Gasteiger partial charge in [-0.05, 0) is 60.6 Å². The maximum Gasteiger partial charge on any atom is 0.269 e. The number of nitrogens with one attached hydrogen (secondary N) is 3. The first-order chi connectivity index (χ1) is 13.2. The Morgan fingerprint density at radius 1 is 0.964 bits per heavy atom. The predicted octanol–water partition coefficient (Wildman–Crippen LogP) is 3.98. The van der Waals surface area contributed by atoms with Crippen LogP contribution in [0.3, 0.4) is 0 Å². The molecule has 0 atom stereocenters. The van der Waals surface area contributed by atoms with Gasteiger partial charge in [0, 0.05) is 21.2 Å². The zero-order valence-electron chi connectivity index (χ0n) is 15.2. The van der Waals surface area contributed by atoms with Gasteiger partial charge in [0.25, 0.3) is 11.8 Å². The van der Waals surface area contributed by atoms with Crippen LogP contribution in [0.4, 0.5) is 0 Å². The van der Waals surface area contributed by atoms with Crippen molar-refractivity contribution in [2.75, 3.05) is 6.61 Å². The molecule has 28 heavy (non-hydrogen) atoms. The third-order valence-electron chi connectivity index (χ3n) is 3.34. The van der Waals surface area contributed by atoms with Crippen molar-refractivity contribution in [3.8, 4) is 5.75 Å². The van der Waals surface area contributed by atoms with Gasteiger partial charge in [-0.1, -0.05) is 37.0 Å². The standard InChI is InChI=1S/C19H19Cl2N3O3S/c1-11(2)10-27-16-5-3-12(4-6-16)18(26)23-24-19(28)22-17(25)13-7-14(20)9-15(21)8-13/h3-9,11H,10H2,1-2H3,(H,23,26)(H2,22,24,25,28). The summed E-state index contributed by atoms with van der Waals surface area (Å²) in [5.74, 6) is 0.160. The molecule has 0 saturated heterocycles. The molecule has 0 fully saturated rings. The van der Waals surface area contributed by atoms with Gasteiger partial charge >= 0.3 is 0 Å². The highest BCUT2D eigenvalue weighted by Gasteiger charge is 2.11. The average Bonchev–Trinajstić information content (AvgIpc) is 2.64. The summed E-state index contributed by atoms with van der Waals surface area (Å²) in [6, 6.07) is 11.1. The second kappa shape index (κ2) is 10.3. The molecule has 2 aromatic rings. The van der Waals surface area contributed by atoms with Crippen molar-refractivity contribution in [1.29, 1.82) is 0 Å². The van der Waals surface area contributed by atoms with Gasteiger partial charge in [-0.15, -0.1) is 0 Å². The van der Waals surface area contributed by atoms with Crippen LogP contribution in [-0.4, -0.2) is 23.5 Å². The lowest BCUT2D eigenvalue weighted by Crippen LogP contribution is -2.48. The fourth-order valence-electron chi connectivity index (χ4n) is 2.04. The molecular weight excluding hydrogens is 421 g/mol. The molecule has 0 aliphatic rings. The quantitative estimate of drug-likeness (QED) is 0.484. The Hall–Kier alpha value is -2.35. The Morgan fingerprint density at radius 3 is 2.14 bits per heavy atom. The first-order valence-corrected chi connectivity index (χ1v) is 9.51. The Balaban J connectivity index is 1.84. The normalized spacial score (nSPS) is 10.3. The third kappa shape index (κ3) is 6.99. The fourth-order valence-corrected chi connectivity index (χ4v) is 2.71. The van der Waals surface area contributed by atoms with E-state index < -0.39 is 11.8 Å². The summed E-state index contributed by atoms with van der Waals surface area (Å²) in [7, 11) is 0. The van der Waals surface area contributed by atoms with Crippen LogP contribution in [0.25, 0.3) is 0 Å². The van der Waals surface area contributed by atoms with Crippen LogP contribution in [0, 0.1) is 5.92 Å². The molecule has 2 rings (SSSR count). The largest absolute Gasteiger partial charge is 0.493 e. The van der Waals surface area contributed by atoms with E-state index in [9.17, 15) is 9.59 Å². The van der Waals surface area contributed by atoms with E-state index in [1.54, 1.807) is 24.3 Å². The van der Waals surface area contributed by atoms with Crippen molar-refractivity contribution in [3.63, 3.8) is 0 Å². The van der Waals surface area contributed by atoms with Crippen LogP contribution in [0.15, 0.2) is 42.5 Å². The SMILES string of the molecule is CC(C)COc1ccc(C(=O)NNC(=S)NC(=O)c2cc(Cl)cc(Cl)c2)cc1. The molecule has 3 N–H and O–H groups in total. The Morgan fingerprint density at radius 2 is 1.57 bits per heavy atom. The molecule has 9 heteroatoms. The van der Waals surface area contributed by atoms with E-state index in [-0.39, 0.29) is 10.7 Å². The summed E-state index contributed by atoms with van der Waals surface area (Å²) in [5, 5.41) is 3.00. The second-order valence-corrected chi connectivity index (χ2v) is 7.53. The molecule has 2 amide bonds. The highest BCUT2D eigenvalue weighted by molar-refractivity contribution is 7.80. The lowest BCUT2D eigenvalue weighted by atomic mass is 10.2. The molecule has 148 valence electrons. The molecule has 0 bridgehead atoms. The molecule has 0 unspecified atom stereocenters. The molecule has 6 nitrogen and oxygen atoms in total. The number of hydrogen-bond acceptors (Lipinski definition) is 4. The first kappa shape index (κ1) is 21.9. The average molecular weight is 440 g/mol. The smallest absolute Gasteiger partial charge is 0.269 e. The van der Waals surface area contributed by atoms with Crippen LogP contribution in [0.2, 0.25) is 10.0 Å². The van der Waals surface area contributed by atoms with Crippen LogP contribution < -0.4 is 20.9 Å². The maximum atomic E-state index is 12.1. The van der Waals surface area contributed by atoms with E-state index in [4.69, 9.17) is 40.2 Å². The maximum absolute atomic E-state index is 12.1. The Kier molecular flexibility index (Phi) is 8.04. The Bertz CT molecular complexity index is 853. The van der Waals surface area contributed by atoms with Crippen LogP contribution in [-0.2, 0) is 0 Å². The molecule has 0 spiro atoms. The minimum Gasteiger partial charge on any atom is -0.493 e. The van der Waals surface area contributed by atoms with Crippen molar-refractivity contribution in [1.82, 2.24) is 16.2 Å². The Labute approximate surface area is 178 Å². The zero-order valence-corrected chi connectivity index (χ0v) is 17.5. The molecule has 2 aromatic carbocycles. The van der Waals surface area contributed by atoms with Gasteiger partial charge in [-0.3, -0.25) is 25.8 Å². The van der Waals surface area contributed by atoms with Crippen molar-refractivity contribution in [3.05, 3.63) is 63.6 Å². The second-order valence-electron chi connectivity index (χ2n) is 6.25. The number of amides is 2. The highest BCUT2D eigenvalue weighted by Crippen LogP contribution is 2.19. The van der Waals surface area contributed by atoms with E-state index in [1.165, 1.54) is 18.2 Å². The van der Waals surface area contributed by atoms with Crippen molar-refractivity contribution in [2.45, 2.75) is 13.8 Å². The van der Waals surface area contributed by atoms with E-state index in [0.29, 0.717) is 33.9 Å². The van der Waals surface area contributed by atoms with E-state index in [0.717, 1.165) is 0 Å². The van der Waals surface area contributed by atoms with E-state index in [1.807, 2.05) is 0 Å². The number of ether oxygens (including phenoxy) is 1. The van der Waals surface area contributed by atoms with E-state index >= 15 is 0 Å². The van der Waals surface area contributed by atoms with Gasteiger partial charge in [0.15, 0.2) is 5.11 Å². The molecule has 0 aliphatic carbocycles. The molecule has 0 aliphatic heterocycles. The van der Waals surface area contributed by atoms with Crippen LogP contribution >= 0.6 is 35.4 Å². The van der Waals surface area contributed by atoms with Crippen LogP contribution in [0.1, 0.15) is 34.6 Å². The number of benzene rings is 2. The topological polar surface area (TPSA) is 79.5 Å². The number of thiocarbonyl (C=S) groups is 1. The first-order valence-electron chi connectivity index (χ1n) is 8.35. The van der Waals surface area contributed by atoms with Gasteiger partial charge in [-0.2, -0.15) is 0 Å². The van der Waals surface area contributed by atoms with E-state index in [2.05, 4.69) is 30.0 Å². The van der Waals surface area contributed by atoms with Gasteiger partial charge in [0.05, 0.1) is 6.61 Å². The molecule has 0 radical (unpaired) electrons. The van der Waals surface area contributed by atoms with Crippen LogP contribution in [0.5, 0.6) is 5.75 Å². The van der Waals surface area contributed by atoms with Crippen molar-refractivity contribution in [2.24, 2.45) is 5.92 Å². The zero-order chi connectivity index (χ0) is 20.7. The third-order valence-corrected chi connectivity index (χ3v) is 3.98. The summed E-state index contributed by atoms with van der Waals surface area (Å²) >= 11 is 16.7. The number of rotatable bonds is 5. The summed E-state index contributed by atoms with van der Waals surface area (Å²) in [4.78, 5) is 24.3. The lowest BCUT2D eigenvalue weighted by molar-refractivity contribution is 0.0934.